The summed E-state index contributed by atoms with van der Waals surface area (Å²) in [7, 11) is 0. The quantitative estimate of drug-likeness (QED) is 0.868. The lowest BCUT2D eigenvalue weighted by Gasteiger charge is -2.29. The van der Waals surface area contributed by atoms with Gasteiger partial charge in [0.25, 0.3) is 5.91 Å². The van der Waals surface area contributed by atoms with Crippen molar-refractivity contribution < 1.29 is 14.4 Å². The molecule has 2 heterocycles. The third-order valence-electron chi connectivity index (χ3n) is 5.00. The van der Waals surface area contributed by atoms with Crippen LogP contribution in [0.4, 0.5) is 0 Å². The molecule has 0 spiro atoms. The zero-order valence-electron chi connectivity index (χ0n) is 13.6. The zero-order valence-corrected chi connectivity index (χ0v) is 13.6. The molecule has 122 valence electrons. The van der Waals surface area contributed by atoms with Crippen molar-refractivity contribution in [2.75, 3.05) is 0 Å². The highest BCUT2D eigenvalue weighted by atomic mass is 16.2. The number of imide groups is 1. The van der Waals surface area contributed by atoms with Crippen LogP contribution in [0.15, 0.2) is 18.2 Å². The van der Waals surface area contributed by atoms with E-state index in [0.29, 0.717) is 24.4 Å². The van der Waals surface area contributed by atoms with Gasteiger partial charge in [-0.1, -0.05) is 26.0 Å². The summed E-state index contributed by atoms with van der Waals surface area (Å²) in [6.07, 6.45) is 2.83. The van der Waals surface area contributed by atoms with Crippen LogP contribution in [0, 0.1) is 0 Å². The Morgan fingerprint density at radius 2 is 1.96 bits per heavy atom. The van der Waals surface area contributed by atoms with Crippen molar-refractivity contribution in [3.8, 4) is 0 Å². The molecular formula is C18H22N2O3. The van der Waals surface area contributed by atoms with Gasteiger partial charge in [-0.25, -0.2) is 0 Å². The predicted molar refractivity (Wildman–Crippen MR) is 85.8 cm³/mol. The minimum absolute atomic E-state index is 0.106. The minimum Gasteiger partial charge on any atom is -0.322 e. The summed E-state index contributed by atoms with van der Waals surface area (Å²) in [5, 5.41) is 2.33. The molecule has 3 amide bonds. The first-order valence-electron chi connectivity index (χ1n) is 8.32. The van der Waals surface area contributed by atoms with Gasteiger partial charge in [0, 0.05) is 18.5 Å². The first-order valence-corrected chi connectivity index (χ1v) is 8.32. The van der Waals surface area contributed by atoms with Gasteiger partial charge in [-0.05, 0) is 42.4 Å². The normalized spacial score (nSPS) is 20.9. The van der Waals surface area contributed by atoms with Crippen LogP contribution in [0.25, 0.3) is 0 Å². The topological polar surface area (TPSA) is 66.5 Å². The van der Waals surface area contributed by atoms with Crippen molar-refractivity contribution in [3.63, 3.8) is 0 Å². The van der Waals surface area contributed by atoms with Crippen molar-refractivity contribution >= 4 is 17.7 Å². The van der Waals surface area contributed by atoms with Crippen LogP contribution >= 0.6 is 0 Å². The number of fused-ring (bicyclic) bond motifs is 1. The molecule has 0 aliphatic carbocycles. The largest absolute Gasteiger partial charge is 0.322 e. The maximum absolute atomic E-state index is 12.6. The molecular weight excluding hydrogens is 292 g/mol. The van der Waals surface area contributed by atoms with E-state index in [1.807, 2.05) is 12.1 Å². The van der Waals surface area contributed by atoms with Crippen molar-refractivity contribution in [2.24, 2.45) is 0 Å². The third kappa shape index (κ3) is 2.76. The van der Waals surface area contributed by atoms with E-state index in [1.165, 1.54) is 5.56 Å². The second-order valence-corrected chi connectivity index (χ2v) is 6.33. The lowest BCUT2D eigenvalue weighted by molar-refractivity contribution is -0.136. The molecule has 1 unspecified atom stereocenters. The Bertz CT molecular complexity index is 664. The SMILES string of the molecule is CCC(CC)c1ccc2c(c1)CN(C1CCC(=O)NC1=O)C2=O. The first kappa shape index (κ1) is 15.7. The molecule has 1 fully saturated rings. The van der Waals surface area contributed by atoms with Gasteiger partial charge in [0.05, 0.1) is 0 Å². The number of piperidine rings is 1. The van der Waals surface area contributed by atoms with E-state index in [-0.39, 0.29) is 24.1 Å². The summed E-state index contributed by atoms with van der Waals surface area (Å²) in [5.41, 5.74) is 2.93. The molecule has 0 aromatic heterocycles. The number of carbonyl (C=O) groups is 3. The average Bonchev–Trinajstić information content (AvgIpc) is 2.85. The maximum atomic E-state index is 12.6. The van der Waals surface area contributed by atoms with Gasteiger partial charge in [0.15, 0.2) is 0 Å². The number of benzene rings is 1. The predicted octanol–water partition coefficient (Wildman–Crippen LogP) is 2.35. The van der Waals surface area contributed by atoms with E-state index in [0.717, 1.165) is 18.4 Å². The number of nitrogens with one attached hydrogen (secondary N) is 1. The van der Waals surface area contributed by atoms with Crippen molar-refractivity contribution in [2.45, 2.75) is 58.0 Å². The fraction of sp³-hybridized carbons (Fsp3) is 0.500. The highest BCUT2D eigenvalue weighted by molar-refractivity contribution is 6.05. The van der Waals surface area contributed by atoms with Crippen LogP contribution in [0.2, 0.25) is 0 Å². The van der Waals surface area contributed by atoms with E-state index >= 15 is 0 Å². The molecule has 2 aliphatic rings. The summed E-state index contributed by atoms with van der Waals surface area (Å²) in [6, 6.07) is 5.49. The van der Waals surface area contributed by atoms with Crippen molar-refractivity contribution in [3.05, 3.63) is 34.9 Å². The Hall–Kier alpha value is -2.17. The highest BCUT2D eigenvalue weighted by Gasteiger charge is 2.39. The number of rotatable bonds is 4. The lowest BCUT2D eigenvalue weighted by atomic mass is 9.92. The van der Waals surface area contributed by atoms with Crippen LogP contribution in [0.1, 0.15) is 66.9 Å². The fourth-order valence-corrected chi connectivity index (χ4v) is 3.61. The summed E-state index contributed by atoms with van der Waals surface area (Å²) in [6.45, 7) is 4.79. The monoisotopic (exact) mass is 314 g/mol. The van der Waals surface area contributed by atoms with Gasteiger partial charge in [-0.2, -0.15) is 0 Å². The molecule has 1 N–H and O–H groups in total. The molecule has 1 aromatic rings. The molecule has 1 aromatic carbocycles. The molecule has 3 rings (SSSR count). The Kier molecular flexibility index (Phi) is 4.20. The Morgan fingerprint density at radius 3 is 2.61 bits per heavy atom. The Morgan fingerprint density at radius 1 is 1.22 bits per heavy atom. The van der Waals surface area contributed by atoms with Crippen LogP contribution in [0.3, 0.4) is 0 Å². The number of amides is 3. The molecule has 5 heteroatoms. The molecule has 0 radical (unpaired) electrons. The second-order valence-electron chi connectivity index (χ2n) is 6.33. The summed E-state index contributed by atoms with van der Waals surface area (Å²) in [4.78, 5) is 37.5. The molecule has 2 aliphatic heterocycles. The molecule has 0 saturated carbocycles. The molecule has 5 nitrogen and oxygen atoms in total. The van der Waals surface area contributed by atoms with E-state index in [9.17, 15) is 14.4 Å². The van der Waals surface area contributed by atoms with E-state index in [2.05, 4.69) is 25.2 Å². The summed E-state index contributed by atoms with van der Waals surface area (Å²) >= 11 is 0. The number of nitrogens with zero attached hydrogens (tertiary/aromatic N) is 1. The average molecular weight is 314 g/mol. The van der Waals surface area contributed by atoms with Gasteiger partial charge in [-0.15, -0.1) is 0 Å². The number of hydrogen-bond donors (Lipinski definition) is 1. The third-order valence-corrected chi connectivity index (χ3v) is 5.00. The second kappa shape index (κ2) is 6.14. The zero-order chi connectivity index (χ0) is 16.6. The summed E-state index contributed by atoms with van der Waals surface area (Å²) in [5.74, 6) is -0.222. The van der Waals surface area contributed by atoms with Crippen LogP contribution < -0.4 is 5.32 Å². The molecule has 1 saturated heterocycles. The van der Waals surface area contributed by atoms with E-state index in [1.54, 1.807) is 4.90 Å². The van der Waals surface area contributed by atoms with Gasteiger partial charge < -0.3 is 4.90 Å². The smallest absolute Gasteiger partial charge is 0.255 e. The van der Waals surface area contributed by atoms with Gasteiger partial charge in [0.1, 0.15) is 6.04 Å². The van der Waals surface area contributed by atoms with E-state index < -0.39 is 6.04 Å². The van der Waals surface area contributed by atoms with Crippen molar-refractivity contribution in [1.29, 1.82) is 0 Å². The Balaban J connectivity index is 1.84. The molecule has 1 atom stereocenters. The van der Waals surface area contributed by atoms with Gasteiger partial charge in [-0.3, -0.25) is 19.7 Å². The molecule has 23 heavy (non-hydrogen) atoms. The number of carbonyl (C=O) groups excluding carboxylic acids is 3. The molecule has 0 bridgehead atoms. The Labute approximate surface area is 136 Å². The minimum atomic E-state index is -0.538. The highest BCUT2D eigenvalue weighted by Crippen LogP contribution is 2.31. The van der Waals surface area contributed by atoms with E-state index in [4.69, 9.17) is 0 Å². The standard InChI is InChI=1S/C18H22N2O3/c1-3-11(4-2)12-5-6-14-13(9-12)10-20(18(14)23)15-7-8-16(21)19-17(15)22/h5-6,9,11,15H,3-4,7-8,10H2,1-2H3,(H,19,21,22). The maximum Gasteiger partial charge on any atom is 0.255 e. The summed E-state index contributed by atoms with van der Waals surface area (Å²) < 4.78 is 0. The van der Waals surface area contributed by atoms with Crippen LogP contribution in [-0.2, 0) is 16.1 Å². The lowest BCUT2D eigenvalue weighted by Crippen LogP contribution is -2.52. The van der Waals surface area contributed by atoms with Gasteiger partial charge in [0.2, 0.25) is 11.8 Å². The van der Waals surface area contributed by atoms with Crippen molar-refractivity contribution in [1.82, 2.24) is 10.2 Å². The fourth-order valence-electron chi connectivity index (χ4n) is 3.61. The van der Waals surface area contributed by atoms with Crippen LogP contribution in [0.5, 0.6) is 0 Å². The van der Waals surface area contributed by atoms with Gasteiger partial charge >= 0.3 is 0 Å². The van der Waals surface area contributed by atoms with Crippen LogP contribution in [-0.4, -0.2) is 28.7 Å². The number of hydrogen-bond acceptors (Lipinski definition) is 3. The first-order chi connectivity index (χ1) is 11.0.